The van der Waals surface area contributed by atoms with E-state index in [1.807, 2.05) is 0 Å². The van der Waals surface area contributed by atoms with E-state index in [0.717, 1.165) is 0 Å². The second-order valence-corrected chi connectivity index (χ2v) is 5.77. The highest BCUT2D eigenvalue weighted by atomic mass is 16.6. The summed E-state index contributed by atoms with van der Waals surface area (Å²) in [7, 11) is 1.33. The Bertz CT molecular complexity index is 336. The summed E-state index contributed by atoms with van der Waals surface area (Å²) < 4.78 is 10.0. The molecule has 0 saturated carbocycles. The molecule has 1 aliphatic rings. The van der Waals surface area contributed by atoms with Crippen LogP contribution in [0.4, 0.5) is 4.79 Å². The number of rotatable bonds is 2. The monoisotopic (exact) mass is 273 g/mol. The number of carbonyl (C=O) groups is 2. The van der Waals surface area contributed by atoms with E-state index < -0.39 is 11.7 Å². The lowest BCUT2D eigenvalue weighted by Gasteiger charge is -2.38. The van der Waals surface area contributed by atoms with Crippen LogP contribution < -0.4 is 0 Å². The SMILES string of the molecule is COC(=O)[C@H]1CC[C@H](CO)N(C(=O)OC(C)(C)C)C1. The number of ether oxygens (including phenoxy) is 2. The zero-order valence-corrected chi connectivity index (χ0v) is 12.0. The molecule has 0 aromatic rings. The van der Waals surface area contributed by atoms with Crippen molar-refractivity contribution in [1.29, 1.82) is 0 Å². The first-order valence-electron chi connectivity index (χ1n) is 6.46. The van der Waals surface area contributed by atoms with Crippen molar-refractivity contribution < 1.29 is 24.2 Å². The molecule has 1 N–H and O–H groups in total. The summed E-state index contributed by atoms with van der Waals surface area (Å²) in [6, 6.07) is -0.296. The van der Waals surface area contributed by atoms with Crippen LogP contribution in [0.1, 0.15) is 33.6 Å². The molecule has 1 heterocycles. The van der Waals surface area contributed by atoms with Crippen LogP contribution in [0.2, 0.25) is 0 Å². The lowest BCUT2D eigenvalue weighted by molar-refractivity contribution is -0.147. The third-order valence-corrected chi connectivity index (χ3v) is 3.08. The molecule has 0 spiro atoms. The van der Waals surface area contributed by atoms with Gasteiger partial charge in [-0.05, 0) is 33.6 Å². The van der Waals surface area contributed by atoms with Crippen molar-refractivity contribution in [3.63, 3.8) is 0 Å². The molecule has 1 rings (SSSR count). The molecule has 0 unspecified atom stereocenters. The second-order valence-electron chi connectivity index (χ2n) is 5.77. The number of esters is 1. The van der Waals surface area contributed by atoms with Gasteiger partial charge in [0.1, 0.15) is 5.60 Å². The molecule has 6 nitrogen and oxygen atoms in total. The Morgan fingerprint density at radius 1 is 1.32 bits per heavy atom. The highest BCUT2D eigenvalue weighted by molar-refractivity contribution is 5.75. The number of likely N-dealkylation sites (tertiary alicyclic amines) is 1. The van der Waals surface area contributed by atoms with Crippen LogP contribution in [0, 0.1) is 5.92 Å². The van der Waals surface area contributed by atoms with Crippen molar-refractivity contribution in [2.24, 2.45) is 5.92 Å². The van der Waals surface area contributed by atoms with Gasteiger partial charge in [-0.1, -0.05) is 0 Å². The topological polar surface area (TPSA) is 76.1 Å². The molecule has 1 amide bonds. The Hall–Kier alpha value is -1.30. The number of nitrogens with zero attached hydrogens (tertiary/aromatic N) is 1. The predicted octanol–water partition coefficient (Wildman–Crippen LogP) is 1.17. The quantitative estimate of drug-likeness (QED) is 0.764. The molecule has 6 heteroatoms. The minimum atomic E-state index is -0.602. The number of methoxy groups -OCH3 is 1. The number of hydrogen-bond acceptors (Lipinski definition) is 5. The highest BCUT2D eigenvalue weighted by Gasteiger charge is 2.36. The maximum Gasteiger partial charge on any atom is 0.410 e. The van der Waals surface area contributed by atoms with Crippen LogP contribution in [-0.2, 0) is 14.3 Å². The van der Waals surface area contributed by atoms with E-state index in [0.29, 0.717) is 12.8 Å². The molecule has 0 bridgehead atoms. The Balaban J connectivity index is 2.75. The number of amides is 1. The summed E-state index contributed by atoms with van der Waals surface area (Å²) in [6.07, 6.45) is 0.673. The maximum absolute atomic E-state index is 12.1. The first-order valence-corrected chi connectivity index (χ1v) is 6.46. The molecule has 0 aromatic carbocycles. The van der Waals surface area contributed by atoms with E-state index in [2.05, 4.69) is 0 Å². The van der Waals surface area contributed by atoms with E-state index in [4.69, 9.17) is 9.47 Å². The Morgan fingerprint density at radius 3 is 2.42 bits per heavy atom. The van der Waals surface area contributed by atoms with Gasteiger partial charge in [0, 0.05) is 6.54 Å². The maximum atomic E-state index is 12.1. The molecular formula is C13H23NO5. The third-order valence-electron chi connectivity index (χ3n) is 3.08. The van der Waals surface area contributed by atoms with Crippen LogP contribution in [0.15, 0.2) is 0 Å². The van der Waals surface area contributed by atoms with Crippen LogP contribution in [-0.4, -0.2) is 54.0 Å². The first-order chi connectivity index (χ1) is 8.78. The lowest BCUT2D eigenvalue weighted by atomic mass is 9.93. The summed E-state index contributed by atoms with van der Waals surface area (Å²) in [4.78, 5) is 25.1. The van der Waals surface area contributed by atoms with Gasteiger partial charge in [-0.3, -0.25) is 4.79 Å². The van der Waals surface area contributed by atoms with Crippen LogP contribution in [0.25, 0.3) is 0 Å². The van der Waals surface area contributed by atoms with Gasteiger partial charge in [0.15, 0.2) is 0 Å². The fourth-order valence-electron chi connectivity index (χ4n) is 2.12. The van der Waals surface area contributed by atoms with Gasteiger partial charge >= 0.3 is 12.1 Å². The zero-order valence-electron chi connectivity index (χ0n) is 12.0. The van der Waals surface area contributed by atoms with Crippen LogP contribution in [0.3, 0.4) is 0 Å². The number of piperidine rings is 1. The minimum Gasteiger partial charge on any atom is -0.469 e. The summed E-state index contributed by atoms with van der Waals surface area (Å²) in [5.41, 5.74) is -0.602. The normalized spacial score (nSPS) is 23.9. The van der Waals surface area contributed by atoms with Gasteiger partial charge in [-0.25, -0.2) is 4.79 Å². The minimum absolute atomic E-state index is 0.132. The van der Waals surface area contributed by atoms with E-state index in [1.54, 1.807) is 20.8 Å². The van der Waals surface area contributed by atoms with Crippen molar-refractivity contribution in [3.8, 4) is 0 Å². The molecule has 0 radical (unpaired) electrons. The van der Waals surface area contributed by atoms with E-state index in [1.165, 1.54) is 12.0 Å². The van der Waals surface area contributed by atoms with Gasteiger partial charge in [0.05, 0.1) is 25.7 Å². The molecule has 1 aliphatic heterocycles. The third kappa shape index (κ3) is 4.38. The van der Waals surface area contributed by atoms with Crippen molar-refractivity contribution in [2.75, 3.05) is 20.3 Å². The summed E-state index contributed by atoms with van der Waals surface area (Å²) in [6.45, 7) is 5.43. The average molecular weight is 273 g/mol. The van der Waals surface area contributed by atoms with Crippen molar-refractivity contribution in [2.45, 2.75) is 45.3 Å². The smallest absolute Gasteiger partial charge is 0.410 e. The van der Waals surface area contributed by atoms with Crippen LogP contribution in [0.5, 0.6) is 0 Å². The molecule has 2 atom stereocenters. The number of carbonyl (C=O) groups excluding carboxylic acids is 2. The van der Waals surface area contributed by atoms with Crippen molar-refractivity contribution in [3.05, 3.63) is 0 Å². The van der Waals surface area contributed by atoms with Gasteiger partial charge in [0.2, 0.25) is 0 Å². The number of aliphatic hydroxyl groups excluding tert-OH is 1. The van der Waals surface area contributed by atoms with Gasteiger partial charge in [-0.15, -0.1) is 0 Å². The number of hydrogen-bond donors (Lipinski definition) is 1. The largest absolute Gasteiger partial charge is 0.469 e. The zero-order chi connectivity index (χ0) is 14.6. The van der Waals surface area contributed by atoms with E-state index >= 15 is 0 Å². The second kappa shape index (κ2) is 6.23. The molecule has 1 fully saturated rings. The summed E-state index contributed by atoms with van der Waals surface area (Å²) >= 11 is 0. The standard InChI is InChI=1S/C13H23NO5/c1-13(2,3)19-12(17)14-7-9(11(16)18-4)5-6-10(14)8-15/h9-10,15H,5-8H2,1-4H3/t9-,10+/m0/s1. The summed E-state index contributed by atoms with van der Waals surface area (Å²) in [5, 5.41) is 9.33. The first kappa shape index (κ1) is 15.8. The van der Waals surface area contributed by atoms with Crippen molar-refractivity contribution >= 4 is 12.1 Å². The van der Waals surface area contributed by atoms with Crippen molar-refractivity contribution in [1.82, 2.24) is 4.90 Å². The Kier molecular flexibility index (Phi) is 5.17. The lowest BCUT2D eigenvalue weighted by Crippen LogP contribution is -2.51. The van der Waals surface area contributed by atoms with Gasteiger partial charge in [-0.2, -0.15) is 0 Å². The summed E-state index contributed by atoms with van der Waals surface area (Å²) in [5.74, 6) is -0.676. The highest BCUT2D eigenvalue weighted by Crippen LogP contribution is 2.24. The molecule has 110 valence electrons. The molecule has 0 aromatic heterocycles. The Morgan fingerprint density at radius 2 is 1.95 bits per heavy atom. The Labute approximate surface area is 113 Å². The van der Waals surface area contributed by atoms with Crippen LogP contribution >= 0.6 is 0 Å². The fraction of sp³-hybridized carbons (Fsp3) is 0.846. The molecule has 19 heavy (non-hydrogen) atoms. The molecule has 0 aliphatic carbocycles. The van der Waals surface area contributed by atoms with E-state index in [-0.39, 0.29) is 31.1 Å². The predicted molar refractivity (Wildman–Crippen MR) is 68.6 cm³/mol. The van der Waals surface area contributed by atoms with Gasteiger partial charge in [0.25, 0.3) is 0 Å². The average Bonchev–Trinajstić information content (AvgIpc) is 2.35. The van der Waals surface area contributed by atoms with Gasteiger partial charge < -0.3 is 19.5 Å². The molecule has 1 saturated heterocycles. The number of aliphatic hydroxyl groups is 1. The molecular weight excluding hydrogens is 250 g/mol. The van der Waals surface area contributed by atoms with E-state index in [9.17, 15) is 14.7 Å². The fourth-order valence-corrected chi connectivity index (χ4v) is 2.12.